The highest BCUT2D eigenvalue weighted by Gasteiger charge is 2.18. The average Bonchev–Trinajstić information content (AvgIpc) is 2.83. The first-order chi connectivity index (χ1) is 9.10. The molecule has 2 rings (SSSR count). The van der Waals surface area contributed by atoms with Gasteiger partial charge in [-0.2, -0.15) is 0 Å². The Kier molecular flexibility index (Phi) is 4.27. The molecule has 1 aromatic heterocycles. The van der Waals surface area contributed by atoms with E-state index >= 15 is 0 Å². The van der Waals surface area contributed by atoms with Crippen LogP contribution >= 0.6 is 11.8 Å². The van der Waals surface area contributed by atoms with E-state index in [0.29, 0.717) is 10.8 Å². The Morgan fingerprint density at radius 1 is 1.37 bits per heavy atom. The number of nitrogens with zero attached hydrogens (tertiary/aromatic N) is 1. The summed E-state index contributed by atoms with van der Waals surface area (Å²) < 4.78 is 10.3. The van der Waals surface area contributed by atoms with E-state index in [0.717, 1.165) is 11.4 Å². The van der Waals surface area contributed by atoms with Crippen LogP contribution in [0.2, 0.25) is 0 Å². The van der Waals surface area contributed by atoms with Crippen LogP contribution in [0.15, 0.2) is 40.2 Å². The molecule has 0 saturated heterocycles. The lowest BCUT2D eigenvalue weighted by Crippen LogP contribution is -2.13. The van der Waals surface area contributed by atoms with Crippen molar-refractivity contribution in [2.75, 3.05) is 7.11 Å². The molecular weight excluding hydrogens is 262 g/mol. The number of aromatic nitrogens is 1. The Bertz CT molecular complexity index is 562. The molecular formula is C14H15NO3S. The molecule has 5 heteroatoms. The Labute approximate surface area is 116 Å². The number of carbonyl (C=O) groups is 1. The molecule has 0 radical (unpaired) electrons. The third-order valence-electron chi connectivity index (χ3n) is 2.62. The van der Waals surface area contributed by atoms with Gasteiger partial charge in [-0.25, -0.2) is 4.98 Å². The molecule has 0 saturated carbocycles. The highest BCUT2D eigenvalue weighted by molar-refractivity contribution is 8.00. The highest BCUT2D eigenvalue weighted by atomic mass is 32.2. The van der Waals surface area contributed by atoms with E-state index in [1.54, 1.807) is 37.6 Å². The molecule has 0 aliphatic heterocycles. The maximum atomic E-state index is 12.2. The number of methoxy groups -OCH3 is 1. The van der Waals surface area contributed by atoms with Crippen LogP contribution in [0, 0.1) is 6.92 Å². The summed E-state index contributed by atoms with van der Waals surface area (Å²) in [5.41, 5.74) is 1.47. The molecule has 4 nitrogen and oxygen atoms in total. The summed E-state index contributed by atoms with van der Waals surface area (Å²) in [7, 11) is 1.60. The maximum Gasteiger partial charge on any atom is 0.256 e. The highest BCUT2D eigenvalue weighted by Crippen LogP contribution is 2.25. The minimum absolute atomic E-state index is 0.0449. The van der Waals surface area contributed by atoms with E-state index in [2.05, 4.69) is 4.98 Å². The molecule has 19 heavy (non-hydrogen) atoms. The number of ether oxygens (including phenoxy) is 1. The number of oxazole rings is 1. The lowest BCUT2D eigenvalue weighted by atomic mass is 10.1. The van der Waals surface area contributed by atoms with Crippen molar-refractivity contribution in [3.8, 4) is 5.75 Å². The summed E-state index contributed by atoms with van der Waals surface area (Å²) in [6, 6.07) is 7.08. The van der Waals surface area contributed by atoms with Gasteiger partial charge >= 0.3 is 0 Å². The first-order valence-corrected chi connectivity index (χ1v) is 6.75. The van der Waals surface area contributed by atoms with Crippen molar-refractivity contribution in [2.24, 2.45) is 0 Å². The molecule has 1 heterocycles. The minimum Gasteiger partial charge on any atom is -0.497 e. The van der Waals surface area contributed by atoms with E-state index in [-0.39, 0.29) is 11.0 Å². The van der Waals surface area contributed by atoms with E-state index in [9.17, 15) is 4.79 Å². The number of rotatable bonds is 5. The number of benzene rings is 1. The molecule has 0 spiro atoms. The number of carbonyl (C=O) groups excluding carboxylic acids is 1. The molecule has 0 bridgehead atoms. The number of hydrogen-bond acceptors (Lipinski definition) is 5. The van der Waals surface area contributed by atoms with Crippen LogP contribution in [-0.4, -0.2) is 23.1 Å². The maximum absolute atomic E-state index is 12.2. The number of ketones is 1. The van der Waals surface area contributed by atoms with E-state index in [4.69, 9.17) is 9.15 Å². The second-order valence-corrected chi connectivity index (χ2v) is 5.40. The normalized spacial score (nSPS) is 12.2. The zero-order valence-corrected chi connectivity index (χ0v) is 11.9. The summed E-state index contributed by atoms with van der Waals surface area (Å²) in [5.74, 6) is 0.781. The summed E-state index contributed by atoms with van der Waals surface area (Å²) in [5, 5.41) is 0.276. The van der Waals surface area contributed by atoms with Gasteiger partial charge in [0, 0.05) is 5.56 Å². The first kappa shape index (κ1) is 13.7. The molecule has 0 fully saturated rings. The Hall–Kier alpha value is -1.75. The molecule has 0 amide bonds. The van der Waals surface area contributed by atoms with Crippen LogP contribution in [0.25, 0.3) is 0 Å². The second-order valence-electron chi connectivity index (χ2n) is 4.11. The van der Waals surface area contributed by atoms with Crippen LogP contribution in [0.3, 0.4) is 0 Å². The van der Waals surface area contributed by atoms with Crippen molar-refractivity contribution in [2.45, 2.75) is 24.3 Å². The van der Waals surface area contributed by atoms with Crippen molar-refractivity contribution >= 4 is 17.5 Å². The van der Waals surface area contributed by atoms with Gasteiger partial charge in [0.15, 0.2) is 5.78 Å². The fourth-order valence-corrected chi connectivity index (χ4v) is 2.43. The van der Waals surface area contributed by atoms with Crippen molar-refractivity contribution in [3.63, 3.8) is 0 Å². The summed E-state index contributed by atoms with van der Waals surface area (Å²) >= 11 is 1.32. The Morgan fingerprint density at radius 3 is 2.58 bits per heavy atom. The van der Waals surface area contributed by atoms with Crippen LogP contribution in [0.4, 0.5) is 0 Å². The SMILES string of the molecule is COc1ccc(C(=O)C(C)Sc2nc(C)co2)cc1. The van der Waals surface area contributed by atoms with Crippen LogP contribution in [-0.2, 0) is 0 Å². The average molecular weight is 277 g/mol. The number of aryl methyl sites for hydroxylation is 1. The van der Waals surface area contributed by atoms with Gasteiger partial charge in [0.1, 0.15) is 12.0 Å². The molecule has 0 N–H and O–H groups in total. The molecule has 1 unspecified atom stereocenters. The van der Waals surface area contributed by atoms with Crippen molar-refractivity contribution in [1.29, 1.82) is 0 Å². The van der Waals surface area contributed by atoms with Crippen LogP contribution < -0.4 is 4.74 Å². The quantitative estimate of drug-likeness (QED) is 0.619. The monoisotopic (exact) mass is 277 g/mol. The third-order valence-corrected chi connectivity index (χ3v) is 3.58. The predicted molar refractivity (Wildman–Crippen MR) is 73.9 cm³/mol. The zero-order valence-electron chi connectivity index (χ0n) is 11.0. The van der Waals surface area contributed by atoms with Crippen LogP contribution in [0.1, 0.15) is 23.0 Å². The minimum atomic E-state index is -0.244. The smallest absolute Gasteiger partial charge is 0.256 e. The molecule has 0 aliphatic carbocycles. The van der Waals surface area contributed by atoms with Crippen molar-refractivity contribution < 1.29 is 13.9 Å². The zero-order chi connectivity index (χ0) is 13.8. The van der Waals surface area contributed by atoms with Gasteiger partial charge in [0.25, 0.3) is 5.22 Å². The van der Waals surface area contributed by atoms with Gasteiger partial charge in [-0.05, 0) is 38.1 Å². The fraction of sp³-hybridized carbons (Fsp3) is 0.286. The largest absolute Gasteiger partial charge is 0.497 e. The first-order valence-electron chi connectivity index (χ1n) is 5.87. The van der Waals surface area contributed by atoms with Crippen LogP contribution in [0.5, 0.6) is 5.75 Å². The summed E-state index contributed by atoms with van der Waals surface area (Å²) in [6.45, 7) is 3.69. The van der Waals surface area contributed by atoms with Gasteiger partial charge in [-0.3, -0.25) is 4.79 Å². The van der Waals surface area contributed by atoms with E-state index in [1.807, 2.05) is 13.8 Å². The fourth-order valence-electron chi connectivity index (χ4n) is 1.58. The Balaban J connectivity index is 2.05. The van der Waals surface area contributed by atoms with E-state index in [1.165, 1.54) is 11.8 Å². The van der Waals surface area contributed by atoms with Crippen molar-refractivity contribution in [1.82, 2.24) is 4.98 Å². The third kappa shape index (κ3) is 3.38. The second kappa shape index (κ2) is 5.93. The number of hydrogen-bond donors (Lipinski definition) is 0. The molecule has 2 aromatic rings. The Morgan fingerprint density at radius 2 is 2.05 bits per heavy atom. The van der Waals surface area contributed by atoms with Gasteiger partial charge in [-0.15, -0.1) is 0 Å². The summed E-state index contributed by atoms with van der Waals surface area (Å²) in [6.07, 6.45) is 1.58. The van der Waals surface area contributed by atoms with Gasteiger partial charge in [0.05, 0.1) is 18.1 Å². The summed E-state index contributed by atoms with van der Waals surface area (Å²) in [4.78, 5) is 16.4. The van der Waals surface area contributed by atoms with Crippen molar-refractivity contribution in [3.05, 3.63) is 41.8 Å². The molecule has 0 aliphatic rings. The molecule has 1 atom stereocenters. The van der Waals surface area contributed by atoms with Gasteiger partial charge < -0.3 is 9.15 Å². The van der Waals surface area contributed by atoms with Gasteiger partial charge in [-0.1, -0.05) is 11.8 Å². The predicted octanol–water partition coefficient (Wildman–Crippen LogP) is 3.36. The molecule has 1 aromatic carbocycles. The number of Topliss-reactive ketones (excluding diaryl/α,β-unsaturated/α-hetero) is 1. The van der Waals surface area contributed by atoms with Gasteiger partial charge in [0.2, 0.25) is 0 Å². The lowest BCUT2D eigenvalue weighted by molar-refractivity contribution is 0.0993. The number of thioether (sulfide) groups is 1. The topological polar surface area (TPSA) is 52.3 Å². The van der Waals surface area contributed by atoms with E-state index < -0.39 is 0 Å². The lowest BCUT2D eigenvalue weighted by Gasteiger charge is -2.08. The molecule has 100 valence electrons. The standard InChI is InChI=1S/C14H15NO3S/c1-9-8-18-14(15-9)19-10(2)13(16)11-4-6-12(17-3)7-5-11/h4-8,10H,1-3H3.